The molecule has 5 heteroatoms. The standard InChI is InChI=1S/C6H16O2Si.C4H7NO/c1-5-6-9(4,7-2)8-3;1-2-3-4(5)6/h5-6H2,1-4H3;2-3H,1H3,(H2,5,6). The van der Waals surface area contributed by atoms with Crippen molar-refractivity contribution < 1.29 is 13.6 Å². The van der Waals surface area contributed by atoms with Gasteiger partial charge >= 0.3 is 8.56 Å². The number of carbonyl (C=O) groups excluding carboxylic acids is 1. The topological polar surface area (TPSA) is 61.6 Å². The van der Waals surface area contributed by atoms with Crippen LogP contribution in [0.5, 0.6) is 0 Å². The van der Waals surface area contributed by atoms with Gasteiger partial charge in [0.1, 0.15) is 0 Å². The molecule has 0 rings (SSSR count). The summed E-state index contributed by atoms with van der Waals surface area (Å²) in [7, 11) is 1.76. The maximum atomic E-state index is 9.73. The fourth-order valence-electron chi connectivity index (χ4n) is 0.906. The lowest BCUT2D eigenvalue weighted by molar-refractivity contribution is -0.113. The molecule has 0 aliphatic heterocycles. The molecule has 2 N–H and O–H groups in total. The van der Waals surface area contributed by atoms with Crippen LogP contribution in [0, 0.1) is 0 Å². The fraction of sp³-hybridized carbons (Fsp3) is 0.700. The lowest BCUT2D eigenvalue weighted by atomic mass is 10.5. The molecule has 0 aromatic rings. The summed E-state index contributed by atoms with van der Waals surface area (Å²) in [6.07, 6.45) is 4.05. The Labute approximate surface area is 93.7 Å². The molecule has 0 fully saturated rings. The monoisotopic (exact) mass is 233 g/mol. The summed E-state index contributed by atoms with van der Waals surface area (Å²) in [6, 6.07) is 1.08. The smallest absolute Gasteiger partial charge is 0.334 e. The first-order chi connectivity index (χ1) is 6.95. The van der Waals surface area contributed by atoms with Gasteiger partial charge in [-0.1, -0.05) is 19.4 Å². The molecule has 4 nitrogen and oxygen atoms in total. The van der Waals surface area contributed by atoms with Crippen LogP contribution in [0.3, 0.4) is 0 Å². The van der Waals surface area contributed by atoms with E-state index in [1.54, 1.807) is 27.2 Å². The molecule has 0 aliphatic rings. The van der Waals surface area contributed by atoms with Crippen molar-refractivity contribution in [3.8, 4) is 0 Å². The van der Waals surface area contributed by atoms with Gasteiger partial charge in [0.25, 0.3) is 0 Å². The van der Waals surface area contributed by atoms with Crippen molar-refractivity contribution in [2.75, 3.05) is 14.2 Å². The Kier molecular flexibility index (Phi) is 11.0. The third-order valence-electron chi connectivity index (χ3n) is 1.90. The molecule has 0 aromatic heterocycles. The maximum Gasteiger partial charge on any atom is 0.334 e. The van der Waals surface area contributed by atoms with Gasteiger partial charge in [-0.05, 0) is 25.6 Å². The van der Waals surface area contributed by atoms with Gasteiger partial charge in [0.2, 0.25) is 5.91 Å². The minimum absolute atomic E-state index is 0.391. The van der Waals surface area contributed by atoms with Crippen LogP contribution in [0.25, 0.3) is 0 Å². The highest BCUT2D eigenvalue weighted by Gasteiger charge is 2.26. The number of primary amides is 1. The Morgan fingerprint density at radius 1 is 1.40 bits per heavy atom. The minimum Gasteiger partial charge on any atom is -0.398 e. The number of hydrogen-bond donors (Lipinski definition) is 1. The maximum absolute atomic E-state index is 9.73. The SMILES string of the molecule is CC=CC(N)=O.CCC[Si](C)(OC)OC. The molecule has 0 spiro atoms. The Morgan fingerprint density at radius 2 is 1.87 bits per heavy atom. The van der Waals surface area contributed by atoms with E-state index in [2.05, 4.69) is 19.2 Å². The first-order valence-corrected chi connectivity index (χ1v) is 7.50. The van der Waals surface area contributed by atoms with E-state index in [4.69, 9.17) is 8.85 Å². The molecule has 0 atom stereocenters. The Hall–Kier alpha value is -0.653. The first-order valence-electron chi connectivity index (χ1n) is 4.98. The van der Waals surface area contributed by atoms with Crippen LogP contribution < -0.4 is 5.73 Å². The fourth-order valence-corrected chi connectivity index (χ4v) is 2.39. The van der Waals surface area contributed by atoms with Crippen LogP contribution in [-0.4, -0.2) is 28.7 Å². The molecule has 90 valence electrons. The predicted octanol–water partition coefficient (Wildman–Crippen LogP) is 1.81. The molecule has 0 aliphatic carbocycles. The van der Waals surface area contributed by atoms with E-state index in [1.807, 2.05) is 0 Å². The molecule has 0 bridgehead atoms. The van der Waals surface area contributed by atoms with Gasteiger partial charge in [0, 0.05) is 14.2 Å². The normalized spacial score (nSPS) is 11.0. The number of carbonyl (C=O) groups is 1. The third-order valence-corrected chi connectivity index (χ3v) is 5.03. The van der Waals surface area contributed by atoms with Gasteiger partial charge in [-0.25, -0.2) is 0 Å². The van der Waals surface area contributed by atoms with Crippen LogP contribution in [0.2, 0.25) is 12.6 Å². The quantitative estimate of drug-likeness (QED) is 0.582. The molecule has 0 saturated carbocycles. The van der Waals surface area contributed by atoms with Crippen LogP contribution in [0.4, 0.5) is 0 Å². The summed E-state index contributed by atoms with van der Waals surface area (Å²) in [6.45, 7) is 5.96. The summed E-state index contributed by atoms with van der Waals surface area (Å²) < 4.78 is 10.5. The van der Waals surface area contributed by atoms with Gasteiger partial charge in [-0.2, -0.15) is 0 Å². The average Bonchev–Trinajstić information content (AvgIpc) is 2.19. The number of nitrogens with two attached hydrogens (primary N) is 1. The van der Waals surface area contributed by atoms with Crippen molar-refractivity contribution in [1.29, 1.82) is 0 Å². The highest BCUT2D eigenvalue weighted by Crippen LogP contribution is 2.12. The Morgan fingerprint density at radius 3 is 1.93 bits per heavy atom. The van der Waals surface area contributed by atoms with Crippen molar-refractivity contribution >= 4 is 14.5 Å². The van der Waals surface area contributed by atoms with Crippen molar-refractivity contribution in [3.05, 3.63) is 12.2 Å². The number of allylic oxidation sites excluding steroid dienone is 1. The summed E-state index contributed by atoms with van der Waals surface area (Å²) in [4.78, 5) is 9.73. The van der Waals surface area contributed by atoms with Crippen molar-refractivity contribution in [2.45, 2.75) is 32.9 Å². The van der Waals surface area contributed by atoms with Crippen LogP contribution in [-0.2, 0) is 13.6 Å². The largest absolute Gasteiger partial charge is 0.398 e. The van der Waals surface area contributed by atoms with E-state index in [1.165, 1.54) is 6.08 Å². The summed E-state index contributed by atoms with van der Waals surface area (Å²) in [5, 5.41) is 0. The van der Waals surface area contributed by atoms with Crippen molar-refractivity contribution in [2.24, 2.45) is 5.73 Å². The molecule has 0 unspecified atom stereocenters. The van der Waals surface area contributed by atoms with Gasteiger partial charge in [0.05, 0.1) is 0 Å². The highest BCUT2D eigenvalue weighted by atomic mass is 28.4. The van der Waals surface area contributed by atoms with Crippen LogP contribution in [0.1, 0.15) is 20.3 Å². The second-order valence-electron chi connectivity index (χ2n) is 3.19. The number of amides is 1. The molecular weight excluding hydrogens is 210 g/mol. The second kappa shape index (κ2) is 9.89. The highest BCUT2D eigenvalue weighted by molar-refractivity contribution is 6.65. The van der Waals surface area contributed by atoms with E-state index in [0.29, 0.717) is 0 Å². The van der Waals surface area contributed by atoms with E-state index >= 15 is 0 Å². The molecule has 0 heterocycles. The summed E-state index contributed by atoms with van der Waals surface area (Å²) in [5.41, 5.74) is 4.68. The van der Waals surface area contributed by atoms with Gasteiger partial charge in [-0.15, -0.1) is 0 Å². The second-order valence-corrected chi connectivity index (χ2v) is 6.78. The lowest BCUT2D eigenvalue weighted by Gasteiger charge is -2.21. The van der Waals surface area contributed by atoms with E-state index < -0.39 is 14.5 Å². The minimum atomic E-state index is -1.70. The number of hydrogen-bond acceptors (Lipinski definition) is 3. The first kappa shape index (κ1) is 16.8. The van der Waals surface area contributed by atoms with Gasteiger partial charge < -0.3 is 14.6 Å². The Bertz CT molecular complexity index is 191. The third kappa shape index (κ3) is 11.3. The number of rotatable bonds is 5. The molecule has 0 saturated heterocycles. The predicted molar refractivity (Wildman–Crippen MR) is 64.7 cm³/mol. The molecule has 0 aromatic carbocycles. The van der Waals surface area contributed by atoms with Crippen LogP contribution >= 0.6 is 0 Å². The zero-order valence-electron chi connectivity index (χ0n) is 10.4. The molecule has 15 heavy (non-hydrogen) atoms. The zero-order valence-corrected chi connectivity index (χ0v) is 11.4. The Balaban J connectivity index is 0. The molecule has 0 radical (unpaired) electrons. The van der Waals surface area contributed by atoms with Crippen molar-refractivity contribution in [3.63, 3.8) is 0 Å². The van der Waals surface area contributed by atoms with Crippen molar-refractivity contribution in [1.82, 2.24) is 0 Å². The molecular formula is C10H23NO3Si. The summed E-state index contributed by atoms with van der Waals surface area (Å²) in [5.74, 6) is -0.391. The van der Waals surface area contributed by atoms with E-state index in [9.17, 15) is 4.79 Å². The van der Waals surface area contributed by atoms with Gasteiger partial charge in [-0.3, -0.25) is 4.79 Å². The average molecular weight is 233 g/mol. The summed E-state index contributed by atoms with van der Waals surface area (Å²) >= 11 is 0. The lowest BCUT2D eigenvalue weighted by Crippen LogP contribution is -2.35. The molecule has 1 amide bonds. The van der Waals surface area contributed by atoms with Crippen LogP contribution in [0.15, 0.2) is 12.2 Å². The zero-order chi connectivity index (χ0) is 12.3. The van der Waals surface area contributed by atoms with Gasteiger partial charge in [0.15, 0.2) is 0 Å². The van der Waals surface area contributed by atoms with E-state index in [-0.39, 0.29) is 0 Å². The van der Waals surface area contributed by atoms with E-state index in [0.717, 1.165) is 12.5 Å².